The second kappa shape index (κ2) is 9.18. The third kappa shape index (κ3) is 5.43. The zero-order chi connectivity index (χ0) is 19.2. The number of hydrogen-bond acceptors (Lipinski definition) is 2. The molecule has 1 aliphatic heterocycles. The predicted octanol–water partition coefficient (Wildman–Crippen LogP) is 5.11. The SMILES string of the molecule is CC[C@@H](NC(=O)c1ccc(CN2CCC(C)CC2)cc1)c1ccc(C)cc1. The number of carbonyl (C=O) groups is 1. The molecular weight excluding hydrogens is 332 g/mol. The minimum absolute atomic E-state index is 0.000715. The summed E-state index contributed by atoms with van der Waals surface area (Å²) in [5.74, 6) is 0.855. The van der Waals surface area contributed by atoms with Crippen molar-refractivity contribution < 1.29 is 4.79 Å². The number of hydrogen-bond donors (Lipinski definition) is 1. The molecule has 1 saturated heterocycles. The molecule has 0 aliphatic carbocycles. The van der Waals surface area contributed by atoms with Gasteiger partial charge in [-0.25, -0.2) is 0 Å². The van der Waals surface area contributed by atoms with Crippen molar-refractivity contribution in [1.29, 1.82) is 0 Å². The van der Waals surface area contributed by atoms with E-state index in [2.05, 4.69) is 67.4 Å². The fraction of sp³-hybridized carbons (Fsp3) is 0.458. The third-order valence-corrected chi connectivity index (χ3v) is 5.69. The van der Waals surface area contributed by atoms with Gasteiger partial charge in [-0.2, -0.15) is 0 Å². The summed E-state index contributed by atoms with van der Waals surface area (Å²) in [6, 6.07) is 16.6. The van der Waals surface area contributed by atoms with E-state index in [4.69, 9.17) is 0 Å². The van der Waals surface area contributed by atoms with Crippen molar-refractivity contribution in [2.75, 3.05) is 13.1 Å². The van der Waals surface area contributed by atoms with Crippen molar-refractivity contribution in [3.8, 4) is 0 Å². The smallest absolute Gasteiger partial charge is 0.251 e. The van der Waals surface area contributed by atoms with Crippen LogP contribution in [0.4, 0.5) is 0 Å². The second-order valence-electron chi connectivity index (χ2n) is 8.00. The van der Waals surface area contributed by atoms with E-state index < -0.39 is 0 Å². The molecule has 0 spiro atoms. The number of aryl methyl sites for hydroxylation is 1. The molecule has 1 N–H and O–H groups in total. The van der Waals surface area contributed by atoms with Gasteiger partial charge in [0.2, 0.25) is 0 Å². The first kappa shape index (κ1) is 19.6. The third-order valence-electron chi connectivity index (χ3n) is 5.69. The molecular formula is C24H32N2O. The van der Waals surface area contributed by atoms with Crippen LogP contribution in [-0.4, -0.2) is 23.9 Å². The van der Waals surface area contributed by atoms with Gasteiger partial charge in [-0.05, 0) is 68.5 Å². The molecule has 1 atom stereocenters. The van der Waals surface area contributed by atoms with Crippen molar-refractivity contribution in [3.63, 3.8) is 0 Å². The van der Waals surface area contributed by atoms with E-state index in [0.29, 0.717) is 0 Å². The van der Waals surface area contributed by atoms with Crippen LogP contribution in [0.2, 0.25) is 0 Å². The summed E-state index contributed by atoms with van der Waals surface area (Å²) >= 11 is 0. The van der Waals surface area contributed by atoms with Crippen LogP contribution in [0.15, 0.2) is 48.5 Å². The summed E-state index contributed by atoms with van der Waals surface area (Å²) in [6.07, 6.45) is 3.45. The van der Waals surface area contributed by atoms with Gasteiger partial charge in [0, 0.05) is 12.1 Å². The zero-order valence-electron chi connectivity index (χ0n) is 16.9. The molecule has 1 heterocycles. The minimum atomic E-state index is 0.000715. The highest BCUT2D eigenvalue weighted by molar-refractivity contribution is 5.94. The van der Waals surface area contributed by atoms with Crippen LogP contribution in [0.1, 0.15) is 66.2 Å². The summed E-state index contributed by atoms with van der Waals surface area (Å²) in [4.78, 5) is 15.2. The first-order valence-electron chi connectivity index (χ1n) is 10.2. The Balaban J connectivity index is 1.58. The Labute approximate surface area is 163 Å². The van der Waals surface area contributed by atoms with Crippen molar-refractivity contribution in [1.82, 2.24) is 10.2 Å². The molecule has 144 valence electrons. The highest BCUT2D eigenvalue weighted by atomic mass is 16.1. The van der Waals surface area contributed by atoms with Gasteiger partial charge < -0.3 is 5.32 Å². The molecule has 3 heteroatoms. The van der Waals surface area contributed by atoms with Crippen LogP contribution in [-0.2, 0) is 6.54 Å². The monoisotopic (exact) mass is 364 g/mol. The second-order valence-corrected chi connectivity index (χ2v) is 8.00. The van der Waals surface area contributed by atoms with Crippen LogP contribution in [0.5, 0.6) is 0 Å². The molecule has 3 rings (SSSR count). The van der Waals surface area contributed by atoms with E-state index in [9.17, 15) is 4.79 Å². The number of nitrogens with zero attached hydrogens (tertiary/aromatic N) is 1. The summed E-state index contributed by atoms with van der Waals surface area (Å²) in [5, 5.41) is 3.18. The van der Waals surface area contributed by atoms with Crippen LogP contribution in [0, 0.1) is 12.8 Å². The first-order valence-corrected chi connectivity index (χ1v) is 10.2. The quantitative estimate of drug-likeness (QED) is 0.773. The molecule has 0 unspecified atom stereocenters. The Morgan fingerprint density at radius 3 is 2.30 bits per heavy atom. The van der Waals surface area contributed by atoms with E-state index in [0.717, 1.165) is 30.0 Å². The lowest BCUT2D eigenvalue weighted by atomic mass is 9.98. The fourth-order valence-electron chi connectivity index (χ4n) is 3.70. The largest absolute Gasteiger partial charge is 0.345 e. The normalized spacial score (nSPS) is 16.9. The van der Waals surface area contributed by atoms with Crippen molar-refractivity contribution in [2.24, 2.45) is 5.92 Å². The molecule has 0 radical (unpaired) electrons. The lowest BCUT2D eigenvalue weighted by Crippen LogP contribution is -2.32. The summed E-state index contributed by atoms with van der Waals surface area (Å²) in [6.45, 7) is 9.86. The molecule has 0 bridgehead atoms. The molecule has 0 aromatic heterocycles. The lowest BCUT2D eigenvalue weighted by molar-refractivity contribution is 0.0935. The van der Waals surface area contributed by atoms with E-state index in [1.54, 1.807) is 0 Å². The maximum Gasteiger partial charge on any atom is 0.251 e. The average molecular weight is 365 g/mol. The summed E-state index contributed by atoms with van der Waals surface area (Å²) in [5.41, 5.74) is 4.41. The van der Waals surface area contributed by atoms with Crippen molar-refractivity contribution in [2.45, 2.75) is 52.6 Å². The number of carbonyl (C=O) groups excluding carboxylic acids is 1. The van der Waals surface area contributed by atoms with E-state index in [-0.39, 0.29) is 11.9 Å². The fourth-order valence-corrected chi connectivity index (χ4v) is 3.70. The highest BCUT2D eigenvalue weighted by Crippen LogP contribution is 2.20. The highest BCUT2D eigenvalue weighted by Gasteiger charge is 2.17. The van der Waals surface area contributed by atoms with Crippen LogP contribution >= 0.6 is 0 Å². The van der Waals surface area contributed by atoms with Crippen LogP contribution in [0.3, 0.4) is 0 Å². The van der Waals surface area contributed by atoms with Gasteiger partial charge in [0.05, 0.1) is 6.04 Å². The van der Waals surface area contributed by atoms with Gasteiger partial charge in [-0.1, -0.05) is 55.8 Å². The van der Waals surface area contributed by atoms with Crippen LogP contribution < -0.4 is 5.32 Å². The lowest BCUT2D eigenvalue weighted by Gasteiger charge is -2.30. The Morgan fingerprint density at radius 1 is 1.07 bits per heavy atom. The molecule has 0 saturated carbocycles. The molecule has 3 nitrogen and oxygen atoms in total. The Morgan fingerprint density at radius 2 is 1.70 bits per heavy atom. The standard InChI is InChI=1S/C24H32N2O/c1-4-23(21-9-5-18(2)6-10-21)25-24(27)22-11-7-20(8-12-22)17-26-15-13-19(3)14-16-26/h5-12,19,23H,4,13-17H2,1-3H3,(H,25,27)/t23-/m1/s1. The van der Waals surface area contributed by atoms with Gasteiger partial charge in [0.1, 0.15) is 0 Å². The van der Waals surface area contributed by atoms with E-state index in [1.165, 1.54) is 37.1 Å². The Kier molecular flexibility index (Phi) is 6.68. The van der Waals surface area contributed by atoms with Gasteiger partial charge in [0.25, 0.3) is 5.91 Å². The minimum Gasteiger partial charge on any atom is -0.345 e. The molecule has 1 fully saturated rings. The number of benzene rings is 2. The number of piperidine rings is 1. The average Bonchev–Trinajstić information content (AvgIpc) is 2.69. The van der Waals surface area contributed by atoms with Crippen molar-refractivity contribution in [3.05, 3.63) is 70.8 Å². The maximum absolute atomic E-state index is 12.7. The van der Waals surface area contributed by atoms with Crippen LogP contribution in [0.25, 0.3) is 0 Å². The number of likely N-dealkylation sites (tertiary alicyclic amines) is 1. The zero-order valence-corrected chi connectivity index (χ0v) is 16.9. The maximum atomic E-state index is 12.7. The van der Waals surface area contributed by atoms with Gasteiger partial charge in [0.15, 0.2) is 0 Å². The molecule has 27 heavy (non-hydrogen) atoms. The predicted molar refractivity (Wildman–Crippen MR) is 112 cm³/mol. The molecule has 1 amide bonds. The topological polar surface area (TPSA) is 32.3 Å². The first-order chi connectivity index (χ1) is 13.0. The molecule has 1 aliphatic rings. The van der Waals surface area contributed by atoms with Gasteiger partial charge in [-0.3, -0.25) is 9.69 Å². The summed E-state index contributed by atoms with van der Waals surface area (Å²) < 4.78 is 0. The van der Waals surface area contributed by atoms with Gasteiger partial charge >= 0.3 is 0 Å². The Hall–Kier alpha value is -2.13. The molecule has 2 aromatic rings. The van der Waals surface area contributed by atoms with E-state index >= 15 is 0 Å². The number of rotatable bonds is 6. The number of nitrogens with one attached hydrogen (secondary N) is 1. The number of amides is 1. The molecule has 2 aromatic carbocycles. The Bertz CT molecular complexity index is 728. The van der Waals surface area contributed by atoms with E-state index in [1.807, 2.05) is 12.1 Å². The van der Waals surface area contributed by atoms with Crippen molar-refractivity contribution >= 4 is 5.91 Å². The summed E-state index contributed by atoms with van der Waals surface area (Å²) in [7, 11) is 0. The van der Waals surface area contributed by atoms with Gasteiger partial charge in [-0.15, -0.1) is 0 Å².